The van der Waals surface area contributed by atoms with Gasteiger partial charge in [0.15, 0.2) is 11.3 Å². The van der Waals surface area contributed by atoms with Crippen molar-refractivity contribution in [1.29, 1.82) is 0 Å². The van der Waals surface area contributed by atoms with Gasteiger partial charge in [-0.15, -0.1) is 0 Å². The van der Waals surface area contributed by atoms with Crippen LogP contribution in [0.3, 0.4) is 0 Å². The monoisotopic (exact) mass is 260 g/mol. The van der Waals surface area contributed by atoms with Crippen LogP contribution in [0.2, 0.25) is 0 Å². The lowest BCUT2D eigenvalue weighted by molar-refractivity contribution is 0.939. The Bertz CT molecular complexity index is 910. The number of fused-ring (bicyclic) bond motifs is 3. The van der Waals surface area contributed by atoms with Gasteiger partial charge in [-0.1, -0.05) is 30.3 Å². The number of benzene rings is 1. The molecular weight excluding hydrogens is 248 g/mol. The molecule has 0 aliphatic carbocycles. The fourth-order valence-electron chi connectivity index (χ4n) is 2.40. The molecule has 3 heterocycles. The molecule has 4 heteroatoms. The van der Waals surface area contributed by atoms with Crippen LogP contribution in [0.15, 0.2) is 54.9 Å². The van der Waals surface area contributed by atoms with E-state index in [0.29, 0.717) is 0 Å². The molecule has 4 aromatic rings. The van der Waals surface area contributed by atoms with Crippen molar-refractivity contribution >= 4 is 16.7 Å². The maximum Gasteiger partial charge on any atom is 0.164 e. The van der Waals surface area contributed by atoms with Gasteiger partial charge in [0.2, 0.25) is 0 Å². The summed E-state index contributed by atoms with van der Waals surface area (Å²) in [6, 6.07) is 14.3. The third kappa shape index (κ3) is 1.66. The SMILES string of the molecule is Cc1cc2ncc3cc(-c4ccccc4)cnc3n2n1. The van der Waals surface area contributed by atoms with Crippen LogP contribution in [0.1, 0.15) is 5.69 Å². The van der Waals surface area contributed by atoms with Gasteiger partial charge in [0, 0.05) is 29.4 Å². The lowest BCUT2D eigenvalue weighted by Crippen LogP contribution is -1.95. The molecule has 0 spiro atoms. The quantitative estimate of drug-likeness (QED) is 0.527. The Labute approximate surface area is 115 Å². The van der Waals surface area contributed by atoms with Crippen LogP contribution in [0.4, 0.5) is 0 Å². The van der Waals surface area contributed by atoms with Crippen molar-refractivity contribution in [2.75, 3.05) is 0 Å². The first-order valence-electron chi connectivity index (χ1n) is 6.48. The summed E-state index contributed by atoms with van der Waals surface area (Å²) in [6.07, 6.45) is 3.74. The van der Waals surface area contributed by atoms with Crippen molar-refractivity contribution in [3.8, 4) is 11.1 Å². The molecule has 0 aliphatic heterocycles. The number of aryl methyl sites for hydroxylation is 1. The Morgan fingerprint density at radius 1 is 0.900 bits per heavy atom. The molecule has 4 rings (SSSR count). The third-order valence-corrected chi connectivity index (χ3v) is 3.35. The van der Waals surface area contributed by atoms with Crippen molar-refractivity contribution in [3.63, 3.8) is 0 Å². The summed E-state index contributed by atoms with van der Waals surface area (Å²) in [6.45, 7) is 1.96. The zero-order chi connectivity index (χ0) is 13.5. The summed E-state index contributed by atoms with van der Waals surface area (Å²) < 4.78 is 1.79. The molecule has 3 aromatic heterocycles. The van der Waals surface area contributed by atoms with Crippen LogP contribution in [0.25, 0.3) is 27.8 Å². The lowest BCUT2D eigenvalue weighted by Gasteiger charge is -2.04. The summed E-state index contributed by atoms with van der Waals surface area (Å²) in [4.78, 5) is 8.98. The average molecular weight is 260 g/mol. The molecule has 0 unspecified atom stereocenters. The molecule has 0 saturated carbocycles. The summed E-state index contributed by atoms with van der Waals surface area (Å²) in [5, 5.41) is 5.42. The minimum atomic E-state index is 0.829. The van der Waals surface area contributed by atoms with Gasteiger partial charge < -0.3 is 0 Å². The Kier molecular flexibility index (Phi) is 2.29. The predicted molar refractivity (Wildman–Crippen MR) is 78.5 cm³/mol. The van der Waals surface area contributed by atoms with E-state index >= 15 is 0 Å². The van der Waals surface area contributed by atoms with Crippen molar-refractivity contribution in [2.45, 2.75) is 6.92 Å². The van der Waals surface area contributed by atoms with E-state index < -0.39 is 0 Å². The van der Waals surface area contributed by atoms with Gasteiger partial charge in [0.25, 0.3) is 0 Å². The van der Waals surface area contributed by atoms with Crippen LogP contribution < -0.4 is 0 Å². The number of pyridine rings is 1. The first-order valence-corrected chi connectivity index (χ1v) is 6.48. The molecule has 0 aliphatic rings. The minimum Gasteiger partial charge on any atom is -0.236 e. The molecule has 0 saturated heterocycles. The zero-order valence-corrected chi connectivity index (χ0v) is 11.0. The summed E-state index contributed by atoms with van der Waals surface area (Å²) in [5.41, 5.74) is 4.85. The van der Waals surface area contributed by atoms with Crippen molar-refractivity contribution in [1.82, 2.24) is 19.6 Å². The van der Waals surface area contributed by atoms with E-state index in [4.69, 9.17) is 0 Å². The number of aromatic nitrogens is 4. The minimum absolute atomic E-state index is 0.829. The molecule has 0 N–H and O–H groups in total. The molecule has 4 nitrogen and oxygen atoms in total. The first kappa shape index (κ1) is 11.1. The Hall–Kier alpha value is -2.75. The Balaban J connectivity index is 1.98. The number of hydrogen-bond acceptors (Lipinski definition) is 3. The van der Waals surface area contributed by atoms with E-state index in [0.717, 1.165) is 33.5 Å². The first-order chi connectivity index (χ1) is 9.81. The highest BCUT2D eigenvalue weighted by Gasteiger charge is 2.06. The number of hydrogen-bond donors (Lipinski definition) is 0. The van der Waals surface area contributed by atoms with Crippen LogP contribution in [0.5, 0.6) is 0 Å². The highest BCUT2D eigenvalue weighted by Crippen LogP contribution is 2.22. The summed E-state index contributed by atoms with van der Waals surface area (Å²) in [7, 11) is 0. The molecular formula is C16H12N4. The molecule has 20 heavy (non-hydrogen) atoms. The van der Waals surface area contributed by atoms with E-state index in [-0.39, 0.29) is 0 Å². The van der Waals surface area contributed by atoms with Gasteiger partial charge in [0.05, 0.1) is 5.69 Å². The van der Waals surface area contributed by atoms with E-state index in [1.165, 1.54) is 0 Å². The van der Waals surface area contributed by atoms with Crippen molar-refractivity contribution < 1.29 is 0 Å². The highest BCUT2D eigenvalue weighted by atomic mass is 15.3. The van der Waals surface area contributed by atoms with Gasteiger partial charge in [-0.2, -0.15) is 9.61 Å². The van der Waals surface area contributed by atoms with E-state index in [1.807, 2.05) is 43.6 Å². The predicted octanol–water partition coefficient (Wildman–Crippen LogP) is 3.25. The molecule has 0 atom stereocenters. The van der Waals surface area contributed by atoms with E-state index in [9.17, 15) is 0 Å². The standard InChI is InChI=1S/C16H12N4/c1-11-7-15-17-10-14-8-13(12-5-3-2-4-6-12)9-18-16(14)20(15)19-11/h2-10H,1H3. The van der Waals surface area contributed by atoms with Crippen LogP contribution in [0, 0.1) is 6.92 Å². The molecule has 0 radical (unpaired) electrons. The van der Waals surface area contributed by atoms with Crippen molar-refractivity contribution in [2.24, 2.45) is 0 Å². The van der Waals surface area contributed by atoms with E-state index in [2.05, 4.69) is 33.3 Å². The molecule has 0 fully saturated rings. The van der Waals surface area contributed by atoms with Crippen LogP contribution in [-0.2, 0) is 0 Å². The van der Waals surface area contributed by atoms with Gasteiger partial charge in [-0.05, 0) is 18.6 Å². The number of rotatable bonds is 1. The topological polar surface area (TPSA) is 43.1 Å². The zero-order valence-electron chi connectivity index (χ0n) is 11.0. The third-order valence-electron chi connectivity index (χ3n) is 3.35. The molecule has 96 valence electrons. The maximum atomic E-state index is 4.56. The second-order valence-corrected chi connectivity index (χ2v) is 4.82. The van der Waals surface area contributed by atoms with Crippen LogP contribution in [-0.4, -0.2) is 19.6 Å². The van der Waals surface area contributed by atoms with Gasteiger partial charge >= 0.3 is 0 Å². The highest BCUT2D eigenvalue weighted by molar-refractivity contribution is 5.81. The smallest absolute Gasteiger partial charge is 0.164 e. The molecule has 1 aromatic carbocycles. The number of nitrogens with zero attached hydrogens (tertiary/aromatic N) is 4. The lowest BCUT2D eigenvalue weighted by atomic mass is 10.1. The van der Waals surface area contributed by atoms with Crippen molar-refractivity contribution in [3.05, 3.63) is 60.6 Å². The average Bonchev–Trinajstić information content (AvgIpc) is 2.88. The summed E-state index contributed by atoms with van der Waals surface area (Å²) >= 11 is 0. The van der Waals surface area contributed by atoms with Gasteiger partial charge in [-0.25, -0.2) is 9.97 Å². The fourth-order valence-corrected chi connectivity index (χ4v) is 2.40. The van der Waals surface area contributed by atoms with Gasteiger partial charge in [-0.3, -0.25) is 0 Å². The van der Waals surface area contributed by atoms with Gasteiger partial charge in [0.1, 0.15) is 0 Å². The van der Waals surface area contributed by atoms with E-state index in [1.54, 1.807) is 4.52 Å². The van der Waals surface area contributed by atoms with Crippen LogP contribution >= 0.6 is 0 Å². The summed E-state index contributed by atoms with van der Waals surface area (Å²) in [5.74, 6) is 0. The maximum absolute atomic E-state index is 4.56. The Morgan fingerprint density at radius 2 is 1.75 bits per heavy atom. The molecule has 0 amide bonds. The largest absolute Gasteiger partial charge is 0.236 e. The fraction of sp³-hybridized carbons (Fsp3) is 0.0625. The second-order valence-electron chi connectivity index (χ2n) is 4.82. The normalized spacial score (nSPS) is 11.2. The molecule has 0 bridgehead atoms. The Morgan fingerprint density at radius 3 is 2.60 bits per heavy atom. The second kappa shape index (κ2) is 4.13.